The molecule has 4 unspecified atom stereocenters. The van der Waals surface area contributed by atoms with E-state index in [9.17, 15) is 18.2 Å². The first-order valence-electron chi connectivity index (χ1n) is 13.6. The lowest BCUT2D eigenvalue weighted by atomic mass is 10.0. The van der Waals surface area contributed by atoms with E-state index < -0.39 is 34.4 Å². The van der Waals surface area contributed by atoms with E-state index >= 15 is 0 Å². The molecular formula is C31H35FN4O4S. The molecule has 0 spiro atoms. The van der Waals surface area contributed by atoms with Gasteiger partial charge in [-0.1, -0.05) is 25.1 Å². The van der Waals surface area contributed by atoms with Gasteiger partial charge in [0.2, 0.25) is 0 Å². The Labute approximate surface area is 242 Å². The van der Waals surface area contributed by atoms with Crippen LogP contribution in [0.1, 0.15) is 62.9 Å². The average Bonchev–Trinajstić information content (AvgIpc) is 3.48. The summed E-state index contributed by atoms with van der Waals surface area (Å²) in [6, 6.07) is 14.6. The quantitative estimate of drug-likeness (QED) is 0.401. The molecule has 0 radical (unpaired) electrons. The maximum absolute atomic E-state index is 13.9. The highest BCUT2D eigenvalue weighted by atomic mass is 32.2. The maximum Gasteiger partial charge on any atom is 0.411 e. The molecule has 1 aromatic heterocycles. The number of nitrogens with one attached hydrogen (secondary N) is 1. The van der Waals surface area contributed by atoms with Crippen molar-refractivity contribution in [2.24, 2.45) is 5.92 Å². The Morgan fingerprint density at radius 3 is 2.56 bits per heavy atom. The first-order chi connectivity index (χ1) is 19.4. The van der Waals surface area contributed by atoms with Gasteiger partial charge in [0.05, 0.1) is 24.5 Å². The summed E-state index contributed by atoms with van der Waals surface area (Å²) in [6.07, 6.45) is 3.47. The van der Waals surface area contributed by atoms with Crippen LogP contribution in [0, 0.1) is 11.7 Å². The van der Waals surface area contributed by atoms with Gasteiger partial charge in [-0.25, -0.2) is 14.2 Å². The lowest BCUT2D eigenvalue weighted by Gasteiger charge is -2.28. The first-order valence-corrected chi connectivity index (χ1v) is 15.2. The van der Waals surface area contributed by atoms with Gasteiger partial charge in [0.25, 0.3) is 5.91 Å². The van der Waals surface area contributed by atoms with Crippen LogP contribution in [0.3, 0.4) is 0 Å². The number of nitrogens with zero attached hydrogens (tertiary/aromatic N) is 3. The molecule has 1 N–H and O–H groups in total. The Bertz CT molecular complexity index is 1490. The van der Waals surface area contributed by atoms with Crippen molar-refractivity contribution in [2.45, 2.75) is 63.2 Å². The Balaban J connectivity index is 1.37. The van der Waals surface area contributed by atoms with Crippen LogP contribution in [-0.4, -0.2) is 44.5 Å². The number of hydrogen-bond acceptors (Lipinski definition) is 6. The number of fused-ring (bicyclic) bond motifs is 1. The van der Waals surface area contributed by atoms with E-state index in [1.165, 1.54) is 11.0 Å². The number of anilines is 2. The SMILES string of the molecule is CC1CC(c2cccc(F)c2)N(c2ccc(NC(=O)C3c4ccc(S(C)=O)cc4CN3C(=O)OC(C)(C)C)cn2)C1. The molecule has 2 aliphatic heterocycles. The number of carbonyl (C=O) groups is 2. The van der Waals surface area contributed by atoms with Crippen molar-refractivity contribution < 1.29 is 22.9 Å². The van der Waals surface area contributed by atoms with Gasteiger partial charge in [-0.05, 0) is 86.2 Å². The van der Waals surface area contributed by atoms with Crippen LogP contribution in [-0.2, 0) is 26.9 Å². The zero-order valence-corrected chi connectivity index (χ0v) is 24.7. The van der Waals surface area contributed by atoms with Gasteiger partial charge in [-0.15, -0.1) is 0 Å². The van der Waals surface area contributed by atoms with Crippen LogP contribution in [0.2, 0.25) is 0 Å². The van der Waals surface area contributed by atoms with Gasteiger partial charge in [0.1, 0.15) is 23.3 Å². The molecule has 3 aromatic rings. The van der Waals surface area contributed by atoms with E-state index in [1.807, 2.05) is 12.1 Å². The van der Waals surface area contributed by atoms with E-state index in [-0.39, 0.29) is 18.4 Å². The van der Waals surface area contributed by atoms with Gasteiger partial charge in [-0.3, -0.25) is 13.9 Å². The summed E-state index contributed by atoms with van der Waals surface area (Å²) in [6.45, 7) is 8.43. The van der Waals surface area contributed by atoms with E-state index in [4.69, 9.17) is 4.74 Å². The van der Waals surface area contributed by atoms with Crippen LogP contribution in [0.4, 0.5) is 20.7 Å². The molecule has 0 bridgehead atoms. The third-order valence-electron chi connectivity index (χ3n) is 7.32. The Morgan fingerprint density at radius 1 is 1.12 bits per heavy atom. The second-order valence-corrected chi connectivity index (χ2v) is 13.2. The van der Waals surface area contributed by atoms with Crippen LogP contribution in [0.5, 0.6) is 0 Å². The number of carbonyl (C=O) groups excluding carboxylic acids is 2. The second-order valence-electron chi connectivity index (χ2n) is 11.8. The van der Waals surface area contributed by atoms with E-state index in [0.29, 0.717) is 22.1 Å². The molecule has 4 atom stereocenters. The van der Waals surface area contributed by atoms with Gasteiger partial charge in [0, 0.05) is 28.5 Å². The summed E-state index contributed by atoms with van der Waals surface area (Å²) < 4.78 is 31.6. The summed E-state index contributed by atoms with van der Waals surface area (Å²) in [5.74, 6) is 0.489. The third kappa shape index (κ3) is 6.27. The molecule has 10 heteroatoms. The van der Waals surface area contributed by atoms with Crippen LogP contribution in [0.15, 0.2) is 65.7 Å². The molecule has 216 valence electrons. The fraction of sp³-hybridized carbons (Fsp3) is 0.387. The first kappa shape index (κ1) is 28.7. The Morgan fingerprint density at radius 2 is 1.90 bits per heavy atom. The summed E-state index contributed by atoms with van der Waals surface area (Å²) in [5, 5.41) is 2.91. The van der Waals surface area contributed by atoms with Gasteiger partial charge in [0.15, 0.2) is 0 Å². The summed E-state index contributed by atoms with van der Waals surface area (Å²) in [5.41, 5.74) is 2.07. The number of aromatic nitrogens is 1. The molecule has 0 aliphatic carbocycles. The highest BCUT2D eigenvalue weighted by molar-refractivity contribution is 7.84. The van der Waals surface area contributed by atoms with Crippen molar-refractivity contribution >= 4 is 34.3 Å². The average molecular weight is 579 g/mol. The van der Waals surface area contributed by atoms with E-state index in [1.54, 1.807) is 69.6 Å². The molecule has 2 aliphatic rings. The van der Waals surface area contributed by atoms with Crippen LogP contribution < -0.4 is 10.2 Å². The summed E-state index contributed by atoms with van der Waals surface area (Å²) >= 11 is 0. The van der Waals surface area contributed by atoms with Gasteiger partial charge in [-0.2, -0.15) is 0 Å². The van der Waals surface area contributed by atoms with Crippen molar-refractivity contribution in [2.75, 3.05) is 23.0 Å². The van der Waals surface area contributed by atoms with Crippen molar-refractivity contribution in [3.8, 4) is 0 Å². The molecule has 3 heterocycles. The predicted molar refractivity (Wildman–Crippen MR) is 156 cm³/mol. The van der Waals surface area contributed by atoms with Gasteiger partial charge < -0.3 is 15.0 Å². The summed E-state index contributed by atoms with van der Waals surface area (Å²) in [4.78, 5) is 35.6. The normalized spacial score (nSPS) is 21.0. The molecular weight excluding hydrogens is 543 g/mol. The fourth-order valence-electron chi connectivity index (χ4n) is 5.55. The molecule has 41 heavy (non-hydrogen) atoms. The number of hydrogen-bond donors (Lipinski definition) is 1. The smallest absolute Gasteiger partial charge is 0.411 e. The molecule has 5 rings (SSSR count). The van der Waals surface area contributed by atoms with Crippen molar-refractivity contribution in [1.29, 1.82) is 0 Å². The minimum Gasteiger partial charge on any atom is -0.444 e. The monoisotopic (exact) mass is 578 g/mol. The van der Waals surface area contributed by atoms with Crippen molar-refractivity contribution in [3.05, 3.63) is 83.3 Å². The Hall–Kier alpha value is -3.79. The van der Waals surface area contributed by atoms with Crippen LogP contribution >= 0.6 is 0 Å². The fourth-order valence-corrected chi connectivity index (χ4v) is 6.12. The molecule has 2 aromatic carbocycles. The minimum absolute atomic E-state index is 0.00774. The van der Waals surface area contributed by atoms with E-state index in [0.717, 1.165) is 29.9 Å². The minimum atomic E-state index is -1.20. The maximum atomic E-state index is 13.9. The van der Waals surface area contributed by atoms with Crippen molar-refractivity contribution in [3.63, 3.8) is 0 Å². The standard InChI is InChI=1S/C31H35FN4O4S/c1-19-13-26(20-7-6-8-22(32)14-20)35(17-19)27-12-9-23(16-33-27)34-29(37)28-25-11-10-24(41(5)39)15-21(25)18-36(28)30(38)40-31(2,3)4/h6-12,14-16,19,26,28H,13,17-18H2,1-5H3,(H,34,37). The highest BCUT2D eigenvalue weighted by Gasteiger charge is 2.41. The second kappa shape index (κ2) is 11.2. The number of benzene rings is 2. The molecule has 8 nitrogen and oxygen atoms in total. The lowest BCUT2D eigenvalue weighted by Crippen LogP contribution is -2.40. The van der Waals surface area contributed by atoms with Crippen molar-refractivity contribution in [1.82, 2.24) is 9.88 Å². The zero-order chi connectivity index (χ0) is 29.5. The largest absolute Gasteiger partial charge is 0.444 e. The highest BCUT2D eigenvalue weighted by Crippen LogP contribution is 2.39. The number of amides is 2. The number of pyridine rings is 1. The topological polar surface area (TPSA) is 91.8 Å². The number of halogens is 1. The summed E-state index contributed by atoms with van der Waals surface area (Å²) in [7, 11) is -1.20. The number of rotatable bonds is 5. The molecule has 0 saturated carbocycles. The zero-order valence-electron chi connectivity index (χ0n) is 23.9. The molecule has 1 saturated heterocycles. The van der Waals surface area contributed by atoms with E-state index in [2.05, 4.69) is 22.1 Å². The lowest BCUT2D eigenvalue weighted by molar-refractivity contribution is -0.121. The number of ether oxygens (including phenoxy) is 1. The van der Waals surface area contributed by atoms with Crippen LogP contribution in [0.25, 0.3) is 0 Å². The van der Waals surface area contributed by atoms with Gasteiger partial charge >= 0.3 is 6.09 Å². The predicted octanol–water partition coefficient (Wildman–Crippen LogP) is 5.98. The third-order valence-corrected chi connectivity index (χ3v) is 8.24. The molecule has 2 amide bonds. The molecule has 1 fully saturated rings. The Kier molecular flexibility index (Phi) is 7.87.